The fourth-order valence-electron chi connectivity index (χ4n) is 3.22. The van der Waals surface area contributed by atoms with Gasteiger partial charge in [0.15, 0.2) is 0 Å². The average molecular weight is 442 g/mol. The first-order valence-corrected chi connectivity index (χ1v) is 10.7. The smallest absolute Gasteiger partial charge is 0.249 e. The number of rotatable bonds is 3. The molecule has 0 amide bonds. The van der Waals surface area contributed by atoms with E-state index >= 15 is 0 Å². The van der Waals surface area contributed by atoms with Gasteiger partial charge in [0.25, 0.3) is 0 Å². The molecular formula is C22H21F2N5OS. The number of nitrogens with zero attached hydrogens (tertiary/aromatic N) is 2. The van der Waals surface area contributed by atoms with Crippen molar-refractivity contribution in [3.8, 4) is 10.6 Å². The van der Waals surface area contributed by atoms with Gasteiger partial charge in [-0.1, -0.05) is 6.07 Å². The summed E-state index contributed by atoms with van der Waals surface area (Å²) >= 11 is 1.16. The first kappa shape index (κ1) is 21.1. The fourth-order valence-corrected chi connectivity index (χ4v) is 4.19. The van der Waals surface area contributed by atoms with Gasteiger partial charge in [0, 0.05) is 18.3 Å². The molecule has 160 valence electrons. The van der Waals surface area contributed by atoms with Crippen molar-refractivity contribution in [1.29, 1.82) is 0 Å². The number of H-pyrrole nitrogens is 1. The van der Waals surface area contributed by atoms with E-state index in [2.05, 4.69) is 25.6 Å². The third-order valence-corrected chi connectivity index (χ3v) is 5.68. The Balaban J connectivity index is 0.000000407. The Bertz CT molecular complexity index is 1240. The summed E-state index contributed by atoms with van der Waals surface area (Å²) in [7, 11) is 0. The zero-order chi connectivity index (χ0) is 21.8. The molecule has 3 N–H and O–H groups in total. The molecule has 0 spiro atoms. The van der Waals surface area contributed by atoms with Crippen LogP contribution >= 0.6 is 11.3 Å². The maximum Gasteiger partial charge on any atom is 0.249 e. The Kier molecular flexibility index (Phi) is 6.34. The Morgan fingerprint density at radius 1 is 1.10 bits per heavy atom. The number of hydrogen-bond donors (Lipinski definition) is 3. The highest BCUT2D eigenvalue weighted by Crippen LogP contribution is 2.33. The van der Waals surface area contributed by atoms with Gasteiger partial charge in [-0.2, -0.15) is 0 Å². The molecule has 3 aromatic heterocycles. The SMILES string of the molecule is C1CCNC1.Cc1cc(Nc2cc3nc(-c4c(F)cccc4F)sc3cn2)[nH]c(=O)c1. The van der Waals surface area contributed by atoms with Crippen LogP contribution in [-0.4, -0.2) is 28.0 Å². The van der Waals surface area contributed by atoms with Crippen molar-refractivity contribution in [2.45, 2.75) is 19.8 Å². The number of fused-ring (bicyclic) bond motifs is 1. The Morgan fingerprint density at radius 2 is 1.84 bits per heavy atom. The minimum Gasteiger partial charge on any atom is -0.326 e. The normalized spacial score (nSPS) is 13.1. The van der Waals surface area contributed by atoms with Gasteiger partial charge in [0.05, 0.1) is 15.8 Å². The molecule has 1 aliphatic rings. The van der Waals surface area contributed by atoms with E-state index in [1.165, 1.54) is 50.2 Å². The zero-order valence-corrected chi connectivity index (χ0v) is 17.7. The summed E-state index contributed by atoms with van der Waals surface area (Å²) in [6.45, 7) is 4.31. The highest BCUT2D eigenvalue weighted by atomic mass is 32.1. The van der Waals surface area contributed by atoms with Crippen molar-refractivity contribution < 1.29 is 8.78 Å². The van der Waals surface area contributed by atoms with Crippen LogP contribution in [0.2, 0.25) is 0 Å². The molecule has 0 bridgehead atoms. The maximum atomic E-state index is 14.0. The van der Waals surface area contributed by atoms with Crippen LogP contribution in [0.15, 0.2) is 47.4 Å². The highest BCUT2D eigenvalue weighted by molar-refractivity contribution is 7.21. The van der Waals surface area contributed by atoms with E-state index in [0.717, 1.165) is 16.9 Å². The number of hydrogen-bond acceptors (Lipinski definition) is 6. The van der Waals surface area contributed by atoms with Crippen molar-refractivity contribution in [2.24, 2.45) is 0 Å². The first-order valence-electron chi connectivity index (χ1n) is 9.89. The van der Waals surface area contributed by atoms with Crippen molar-refractivity contribution >= 4 is 33.2 Å². The number of thiazole rings is 1. The van der Waals surface area contributed by atoms with Crippen LogP contribution in [0.1, 0.15) is 18.4 Å². The predicted octanol–water partition coefficient (Wildman–Crippen LogP) is 4.75. The molecule has 0 unspecified atom stereocenters. The van der Waals surface area contributed by atoms with E-state index in [9.17, 15) is 13.6 Å². The minimum absolute atomic E-state index is 0.147. The summed E-state index contributed by atoms with van der Waals surface area (Å²) in [6, 6.07) is 8.63. The minimum atomic E-state index is -0.660. The molecule has 4 aromatic rings. The monoisotopic (exact) mass is 441 g/mol. The number of nitrogens with one attached hydrogen (secondary N) is 3. The second-order valence-electron chi connectivity index (χ2n) is 7.17. The van der Waals surface area contributed by atoms with Gasteiger partial charge < -0.3 is 15.6 Å². The van der Waals surface area contributed by atoms with E-state index in [1.807, 2.05) is 6.92 Å². The maximum absolute atomic E-state index is 14.0. The standard InChI is InChI=1S/C18H12F2N4OS.C4H9N/c1-9-5-15(24-16(25)6-9)23-14-7-12-13(8-21-14)26-18(22-12)17-10(19)3-2-4-11(17)20;1-2-4-5-3-1/h2-8H,1H3,(H2,21,23,24,25);5H,1-4H2. The lowest BCUT2D eigenvalue weighted by atomic mass is 10.2. The van der Waals surface area contributed by atoms with E-state index in [-0.39, 0.29) is 16.1 Å². The molecule has 0 radical (unpaired) electrons. The Labute approximate surface area is 181 Å². The molecule has 5 rings (SSSR count). The Hall–Kier alpha value is -3.17. The first-order chi connectivity index (χ1) is 15.0. The topological polar surface area (TPSA) is 82.7 Å². The molecule has 0 aliphatic carbocycles. The summed E-state index contributed by atoms with van der Waals surface area (Å²) < 4.78 is 28.6. The van der Waals surface area contributed by atoms with Crippen LogP contribution in [0.5, 0.6) is 0 Å². The number of benzene rings is 1. The lowest BCUT2D eigenvalue weighted by Crippen LogP contribution is -2.08. The summed E-state index contributed by atoms with van der Waals surface area (Å²) in [5.41, 5.74) is 0.995. The molecule has 1 aliphatic heterocycles. The largest absolute Gasteiger partial charge is 0.326 e. The van der Waals surface area contributed by atoms with Crippen LogP contribution in [-0.2, 0) is 0 Å². The van der Waals surface area contributed by atoms with Crippen molar-refractivity contribution in [3.05, 3.63) is 70.1 Å². The summed E-state index contributed by atoms with van der Waals surface area (Å²) in [6.07, 6.45) is 4.35. The van der Waals surface area contributed by atoms with Gasteiger partial charge in [-0.15, -0.1) is 11.3 Å². The summed E-state index contributed by atoms with van der Waals surface area (Å²) in [5, 5.41) is 6.47. The third-order valence-electron chi connectivity index (χ3n) is 4.66. The van der Waals surface area contributed by atoms with Crippen LogP contribution in [0.25, 0.3) is 20.8 Å². The zero-order valence-electron chi connectivity index (χ0n) is 16.8. The number of halogens is 2. The summed E-state index contributed by atoms with van der Waals surface area (Å²) in [4.78, 5) is 22.8. The molecule has 9 heteroatoms. The van der Waals surface area contributed by atoms with Gasteiger partial charge in [-0.25, -0.2) is 18.7 Å². The number of aromatic amines is 1. The number of aryl methyl sites for hydroxylation is 1. The molecule has 0 saturated carbocycles. The fraction of sp³-hybridized carbons (Fsp3) is 0.227. The van der Waals surface area contributed by atoms with Crippen LogP contribution in [0.3, 0.4) is 0 Å². The predicted molar refractivity (Wildman–Crippen MR) is 120 cm³/mol. The third kappa shape index (κ3) is 5.12. The van der Waals surface area contributed by atoms with E-state index in [1.54, 1.807) is 18.3 Å². The van der Waals surface area contributed by atoms with E-state index < -0.39 is 11.6 Å². The van der Waals surface area contributed by atoms with Crippen molar-refractivity contribution in [2.75, 3.05) is 18.4 Å². The molecule has 1 aromatic carbocycles. The van der Waals surface area contributed by atoms with E-state index in [4.69, 9.17) is 0 Å². The molecule has 0 atom stereocenters. The molecule has 4 heterocycles. The quantitative estimate of drug-likeness (QED) is 0.428. The molecule has 1 saturated heterocycles. The van der Waals surface area contributed by atoms with Gasteiger partial charge in [0.2, 0.25) is 5.56 Å². The van der Waals surface area contributed by atoms with Gasteiger partial charge in [0.1, 0.15) is 28.3 Å². The van der Waals surface area contributed by atoms with Crippen molar-refractivity contribution in [3.63, 3.8) is 0 Å². The highest BCUT2D eigenvalue weighted by Gasteiger charge is 2.16. The van der Waals surface area contributed by atoms with Gasteiger partial charge in [-0.3, -0.25) is 4.79 Å². The van der Waals surface area contributed by atoms with Crippen LogP contribution in [0.4, 0.5) is 20.4 Å². The average Bonchev–Trinajstić information content (AvgIpc) is 3.40. The Morgan fingerprint density at radius 3 is 2.48 bits per heavy atom. The molecule has 6 nitrogen and oxygen atoms in total. The molecule has 1 fully saturated rings. The summed E-state index contributed by atoms with van der Waals surface area (Å²) in [5.74, 6) is -0.359. The molecular weight excluding hydrogens is 420 g/mol. The second-order valence-corrected chi connectivity index (χ2v) is 8.20. The lowest BCUT2D eigenvalue weighted by molar-refractivity contribution is 0.589. The number of aromatic nitrogens is 3. The number of pyridine rings is 2. The van der Waals surface area contributed by atoms with E-state index in [0.29, 0.717) is 21.9 Å². The van der Waals surface area contributed by atoms with Crippen LogP contribution in [0, 0.1) is 18.6 Å². The van der Waals surface area contributed by atoms with Crippen LogP contribution < -0.4 is 16.2 Å². The van der Waals surface area contributed by atoms with Crippen molar-refractivity contribution in [1.82, 2.24) is 20.3 Å². The lowest BCUT2D eigenvalue weighted by Gasteiger charge is -2.05. The number of anilines is 2. The van der Waals surface area contributed by atoms with Gasteiger partial charge in [-0.05, 0) is 56.6 Å². The second kappa shape index (κ2) is 9.32. The van der Waals surface area contributed by atoms with Gasteiger partial charge >= 0.3 is 0 Å². The molecule has 31 heavy (non-hydrogen) atoms.